The van der Waals surface area contributed by atoms with Gasteiger partial charge in [-0.05, 0) is 60.6 Å². The lowest BCUT2D eigenvalue weighted by Crippen LogP contribution is -2.17. The van der Waals surface area contributed by atoms with Gasteiger partial charge in [0, 0.05) is 16.8 Å². The third-order valence-corrected chi connectivity index (χ3v) is 4.86. The van der Waals surface area contributed by atoms with Crippen LogP contribution >= 0.6 is 11.6 Å². The molecule has 2 aromatic carbocycles. The molecule has 1 aromatic heterocycles. The first kappa shape index (κ1) is 18.5. The van der Waals surface area contributed by atoms with Crippen LogP contribution < -0.4 is 4.74 Å². The predicted molar refractivity (Wildman–Crippen MR) is 108 cm³/mol. The number of aryl methyl sites for hydroxylation is 1. The van der Waals surface area contributed by atoms with E-state index in [1.165, 1.54) is 5.56 Å². The van der Waals surface area contributed by atoms with Gasteiger partial charge in [0.2, 0.25) is 5.88 Å². The Morgan fingerprint density at radius 2 is 1.62 bits per heavy atom. The molecule has 26 heavy (non-hydrogen) atoms. The largest absolute Gasteiger partial charge is 0.439 e. The highest BCUT2D eigenvalue weighted by Gasteiger charge is 2.20. The first-order valence-corrected chi connectivity index (χ1v) is 9.36. The van der Waals surface area contributed by atoms with E-state index in [0.29, 0.717) is 5.88 Å². The highest BCUT2D eigenvalue weighted by molar-refractivity contribution is 6.30. The summed E-state index contributed by atoms with van der Waals surface area (Å²) in [5.74, 6) is 1.45. The molecule has 0 spiro atoms. The van der Waals surface area contributed by atoms with Gasteiger partial charge in [-0.15, -0.1) is 0 Å². The molecule has 2 nitrogen and oxygen atoms in total. The second kappa shape index (κ2) is 8.37. The highest BCUT2D eigenvalue weighted by Crippen LogP contribution is 2.30. The van der Waals surface area contributed by atoms with E-state index in [9.17, 15) is 0 Å². The monoisotopic (exact) mass is 365 g/mol. The summed E-state index contributed by atoms with van der Waals surface area (Å²) < 4.78 is 5.82. The van der Waals surface area contributed by atoms with Crippen LogP contribution in [-0.4, -0.2) is 4.98 Å². The number of ether oxygens (including phenoxy) is 1. The van der Waals surface area contributed by atoms with Gasteiger partial charge in [-0.25, -0.2) is 4.98 Å². The topological polar surface area (TPSA) is 22.1 Å². The second-order valence-corrected chi connectivity index (χ2v) is 7.56. The quantitative estimate of drug-likeness (QED) is 0.457. The molecule has 0 aliphatic heterocycles. The van der Waals surface area contributed by atoms with Crippen LogP contribution in [0.1, 0.15) is 37.9 Å². The van der Waals surface area contributed by atoms with Crippen molar-refractivity contribution in [2.45, 2.75) is 38.5 Å². The standard InChI is InChI=1S/C23H24ClNO/c1-23(2,18-13-15-19(24)16-14-18)17-7-9-20-8-6-12-22(25-20)26-21-10-4-3-5-11-21/h3-6,8,10-16H,7,9,17H2,1-2H3. The van der Waals surface area contributed by atoms with Gasteiger partial charge in [-0.3, -0.25) is 0 Å². The van der Waals surface area contributed by atoms with Crippen LogP contribution in [0.5, 0.6) is 11.6 Å². The van der Waals surface area contributed by atoms with Gasteiger partial charge >= 0.3 is 0 Å². The Hall–Kier alpha value is -2.32. The second-order valence-electron chi connectivity index (χ2n) is 7.13. The van der Waals surface area contributed by atoms with Crippen LogP contribution in [0.15, 0.2) is 72.8 Å². The number of halogens is 1. The van der Waals surface area contributed by atoms with Crippen molar-refractivity contribution in [2.24, 2.45) is 0 Å². The summed E-state index contributed by atoms with van der Waals surface area (Å²) in [6, 6.07) is 23.9. The summed E-state index contributed by atoms with van der Waals surface area (Å²) in [6.07, 6.45) is 3.08. The molecule has 0 saturated carbocycles. The third-order valence-electron chi connectivity index (χ3n) is 4.61. The Bertz CT molecular complexity index is 828. The van der Waals surface area contributed by atoms with Gasteiger partial charge in [0.15, 0.2) is 0 Å². The van der Waals surface area contributed by atoms with E-state index < -0.39 is 0 Å². The van der Waals surface area contributed by atoms with Crippen molar-refractivity contribution in [1.29, 1.82) is 0 Å². The fraction of sp³-hybridized carbons (Fsp3) is 0.261. The minimum atomic E-state index is 0.114. The molecule has 3 aromatic rings. The van der Waals surface area contributed by atoms with Crippen molar-refractivity contribution in [3.63, 3.8) is 0 Å². The van der Waals surface area contributed by atoms with Crippen LogP contribution in [0.25, 0.3) is 0 Å². The summed E-state index contributed by atoms with van der Waals surface area (Å²) in [4.78, 5) is 4.63. The fourth-order valence-electron chi connectivity index (χ4n) is 3.02. The normalized spacial score (nSPS) is 11.3. The smallest absolute Gasteiger partial charge is 0.219 e. The molecule has 0 fully saturated rings. The molecular formula is C23H24ClNO. The number of aromatic nitrogens is 1. The van der Waals surface area contributed by atoms with Crippen LogP contribution in [0.4, 0.5) is 0 Å². The van der Waals surface area contributed by atoms with E-state index in [-0.39, 0.29) is 5.41 Å². The first-order valence-electron chi connectivity index (χ1n) is 8.98. The average Bonchev–Trinajstić information content (AvgIpc) is 2.63. The van der Waals surface area contributed by atoms with Crippen LogP contribution in [-0.2, 0) is 11.8 Å². The molecule has 0 aliphatic rings. The fourth-order valence-corrected chi connectivity index (χ4v) is 3.15. The van der Waals surface area contributed by atoms with Gasteiger partial charge in [0.05, 0.1) is 0 Å². The lowest BCUT2D eigenvalue weighted by atomic mass is 9.80. The summed E-state index contributed by atoms with van der Waals surface area (Å²) in [5.41, 5.74) is 2.49. The molecule has 1 heterocycles. The minimum absolute atomic E-state index is 0.114. The van der Waals surface area contributed by atoms with E-state index in [2.05, 4.69) is 37.0 Å². The number of pyridine rings is 1. The maximum atomic E-state index is 6.00. The molecular weight excluding hydrogens is 342 g/mol. The molecule has 134 valence electrons. The van der Waals surface area contributed by atoms with Gasteiger partial charge < -0.3 is 4.74 Å². The lowest BCUT2D eigenvalue weighted by molar-refractivity contribution is 0.450. The zero-order valence-electron chi connectivity index (χ0n) is 15.3. The third kappa shape index (κ3) is 5.09. The van der Waals surface area contributed by atoms with Crippen LogP contribution in [0, 0.1) is 0 Å². The van der Waals surface area contributed by atoms with Gasteiger partial charge in [-0.2, -0.15) is 0 Å². The number of nitrogens with zero attached hydrogens (tertiary/aromatic N) is 1. The molecule has 0 unspecified atom stereocenters. The number of hydrogen-bond donors (Lipinski definition) is 0. The zero-order valence-corrected chi connectivity index (χ0v) is 16.0. The van der Waals surface area contributed by atoms with E-state index >= 15 is 0 Å². The number of rotatable bonds is 7. The Balaban J connectivity index is 1.58. The molecule has 0 atom stereocenters. The van der Waals surface area contributed by atoms with Crippen LogP contribution in [0.3, 0.4) is 0 Å². The summed E-state index contributed by atoms with van der Waals surface area (Å²) in [5, 5.41) is 0.781. The molecule has 0 saturated heterocycles. The van der Waals surface area contributed by atoms with E-state index in [1.807, 2.05) is 54.6 Å². The maximum absolute atomic E-state index is 6.00. The SMILES string of the molecule is CC(C)(CCCc1cccc(Oc2ccccc2)n1)c1ccc(Cl)cc1. The van der Waals surface area contributed by atoms with E-state index in [4.69, 9.17) is 16.3 Å². The summed E-state index contributed by atoms with van der Waals surface area (Å²) in [6.45, 7) is 4.55. The Morgan fingerprint density at radius 1 is 0.885 bits per heavy atom. The molecule has 0 aliphatic carbocycles. The molecule has 0 amide bonds. The summed E-state index contributed by atoms with van der Waals surface area (Å²) >= 11 is 6.00. The van der Waals surface area contributed by atoms with Crippen molar-refractivity contribution in [3.05, 3.63) is 89.1 Å². The van der Waals surface area contributed by atoms with E-state index in [0.717, 1.165) is 35.7 Å². The Kier molecular flexibility index (Phi) is 5.95. The van der Waals surface area contributed by atoms with Crippen LogP contribution in [0.2, 0.25) is 5.02 Å². The molecule has 0 bridgehead atoms. The van der Waals surface area contributed by atoms with Gasteiger partial charge in [0.25, 0.3) is 0 Å². The highest BCUT2D eigenvalue weighted by atomic mass is 35.5. The lowest BCUT2D eigenvalue weighted by Gasteiger charge is -2.25. The zero-order chi connectivity index (χ0) is 18.4. The van der Waals surface area contributed by atoms with Crippen molar-refractivity contribution in [1.82, 2.24) is 4.98 Å². The molecule has 3 rings (SSSR count). The first-order chi connectivity index (χ1) is 12.5. The van der Waals surface area contributed by atoms with Crippen molar-refractivity contribution in [2.75, 3.05) is 0 Å². The average molecular weight is 366 g/mol. The predicted octanol–water partition coefficient (Wildman–Crippen LogP) is 6.83. The van der Waals surface area contributed by atoms with Crippen molar-refractivity contribution >= 4 is 11.6 Å². The molecule has 0 N–H and O–H groups in total. The number of hydrogen-bond acceptors (Lipinski definition) is 2. The summed E-state index contributed by atoms with van der Waals surface area (Å²) in [7, 11) is 0. The maximum Gasteiger partial charge on any atom is 0.219 e. The Labute approximate surface area is 160 Å². The Morgan fingerprint density at radius 3 is 2.35 bits per heavy atom. The van der Waals surface area contributed by atoms with Gasteiger partial charge in [0.1, 0.15) is 5.75 Å². The number of para-hydroxylation sites is 1. The minimum Gasteiger partial charge on any atom is -0.439 e. The van der Waals surface area contributed by atoms with Crippen molar-refractivity contribution < 1.29 is 4.74 Å². The van der Waals surface area contributed by atoms with Crippen molar-refractivity contribution in [3.8, 4) is 11.6 Å². The van der Waals surface area contributed by atoms with Gasteiger partial charge in [-0.1, -0.05) is 61.8 Å². The number of benzene rings is 2. The molecule has 0 radical (unpaired) electrons. The van der Waals surface area contributed by atoms with E-state index in [1.54, 1.807) is 0 Å². The molecule has 3 heteroatoms.